The summed E-state index contributed by atoms with van der Waals surface area (Å²) in [4.78, 5) is 4.16. The molecule has 0 bridgehead atoms. The number of hydrogen-bond acceptors (Lipinski definition) is 5. The third-order valence-corrected chi connectivity index (χ3v) is 5.05. The van der Waals surface area contributed by atoms with Crippen molar-refractivity contribution < 1.29 is 8.42 Å². The second-order valence-electron chi connectivity index (χ2n) is 4.71. The van der Waals surface area contributed by atoms with E-state index < -0.39 is 9.84 Å². The lowest BCUT2D eigenvalue weighted by atomic mass is 10.0. The summed E-state index contributed by atoms with van der Waals surface area (Å²) in [7, 11) is -2.92. The summed E-state index contributed by atoms with van der Waals surface area (Å²) in [6.07, 6.45) is 4.82. The number of nitrogens with zero attached hydrogens (tertiary/aromatic N) is 3. The van der Waals surface area contributed by atoms with Gasteiger partial charge in [-0.15, -0.1) is 0 Å². The van der Waals surface area contributed by atoms with Crippen molar-refractivity contribution in [2.24, 2.45) is 0 Å². The highest BCUT2D eigenvalue weighted by atomic mass is 32.2. The molecule has 1 unspecified atom stereocenters. The van der Waals surface area contributed by atoms with E-state index in [0.29, 0.717) is 23.5 Å². The van der Waals surface area contributed by atoms with E-state index in [1.54, 1.807) is 16.9 Å². The van der Waals surface area contributed by atoms with Gasteiger partial charge in [0.2, 0.25) is 0 Å². The molecule has 3 rings (SSSR count). The van der Waals surface area contributed by atoms with Crippen LogP contribution in [0.5, 0.6) is 0 Å². The molecule has 0 aliphatic carbocycles. The molecule has 2 aromatic rings. The van der Waals surface area contributed by atoms with Crippen molar-refractivity contribution >= 4 is 21.2 Å². The molecule has 1 aliphatic rings. The molecule has 2 N–H and O–H groups in total. The van der Waals surface area contributed by atoms with Gasteiger partial charge in [0.05, 0.1) is 35.3 Å². The molecule has 96 valence electrons. The predicted octanol–water partition coefficient (Wildman–Crippen LogP) is 0.604. The lowest BCUT2D eigenvalue weighted by Crippen LogP contribution is -2.23. The van der Waals surface area contributed by atoms with E-state index in [2.05, 4.69) is 10.1 Å². The molecule has 3 heterocycles. The van der Waals surface area contributed by atoms with Gasteiger partial charge in [-0.25, -0.2) is 17.9 Å². The number of fused-ring (bicyclic) bond motifs is 1. The fourth-order valence-electron chi connectivity index (χ4n) is 2.37. The fourth-order valence-corrected chi connectivity index (χ4v) is 4.09. The smallest absolute Gasteiger partial charge is 0.155 e. The van der Waals surface area contributed by atoms with E-state index in [1.807, 2.05) is 6.07 Å². The van der Waals surface area contributed by atoms with Crippen molar-refractivity contribution in [3.05, 3.63) is 24.2 Å². The van der Waals surface area contributed by atoms with Crippen molar-refractivity contribution in [1.82, 2.24) is 14.6 Å². The number of nitrogens with two attached hydrogens (primary N) is 1. The average Bonchev–Trinajstić information content (AvgIpc) is 2.70. The summed E-state index contributed by atoms with van der Waals surface area (Å²) >= 11 is 0. The second-order valence-corrected chi connectivity index (χ2v) is 6.94. The Labute approximate surface area is 105 Å². The van der Waals surface area contributed by atoms with E-state index in [0.717, 1.165) is 12.1 Å². The van der Waals surface area contributed by atoms with Crippen LogP contribution in [0, 0.1) is 0 Å². The molecular formula is C11H14N4O2S. The van der Waals surface area contributed by atoms with Gasteiger partial charge in [-0.05, 0) is 12.8 Å². The Balaban J connectivity index is 1.99. The van der Waals surface area contributed by atoms with Gasteiger partial charge in [0.15, 0.2) is 15.5 Å². The zero-order chi connectivity index (χ0) is 12.8. The van der Waals surface area contributed by atoms with Crippen LogP contribution >= 0.6 is 0 Å². The first-order valence-corrected chi connectivity index (χ1v) is 7.67. The number of aromatic nitrogens is 3. The van der Waals surface area contributed by atoms with Crippen LogP contribution in [0.3, 0.4) is 0 Å². The number of nitrogen functional groups attached to an aromatic ring is 1. The largest absolute Gasteiger partial charge is 0.396 e. The molecule has 18 heavy (non-hydrogen) atoms. The molecule has 6 nitrogen and oxygen atoms in total. The number of anilines is 1. The topological polar surface area (TPSA) is 90.3 Å². The molecule has 0 saturated carbocycles. The normalized spacial score (nSPS) is 23.2. The van der Waals surface area contributed by atoms with Crippen molar-refractivity contribution in [3.8, 4) is 0 Å². The summed E-state index contributed by atoms with van der Waals surface area (Å²) in [5.41, 5.74) is 7.66. The molecule has 0 spiro atoms. The Kier molecular flexibility index (Phi) is 2.51. The highest BCUT2D eigenvalue weighted by molar-refractivity contribution is 7.91. The van der Waals surface area contributed by atoms with Crippen LogP contribution in [0.15, 0.2) is 18.5 Å². The third-order valence-electron chi connectivity index (χ3n) is 3.23. The first-order valence-electron chi connectivity index (χ1n) is 5.85. The molecule has 0 radical (unpaired) electrons. The molecule has 2 aromatic heterocycles. The van der Waals surface area contributed by atoms with Crippen LogP contribution in [-0.2, 0) is 9.84 Å². The van der Waals surface area contributed by atoms with E-state index in [1.165, 1.54) is 0 Å². The summed E-state index contributed by atoms with van der Waals surface area (Å²) in [6, 6.07) is 1.84. The molecule has 1 atom stereocenters. The average molecular weight is 266 g/mol. The number of rotatable bonds is 1. The van der Waals surface area contributed by atoms with Gasteiger partial charge in [0.25, 0.3) is 0 Å². The highest BCUT2D eigenvalue weighted by Gasteiger charge is 2.27. The summed E-state index contributed by atoms with van der Waals surface area (Å²) in [5, 5.41) is 4.37. The molecule has 1 fully saturated rings. The fraction of sp³-hybridized carbons (Fsp3) is 0.455. The third kappa shape index (κ3) is 2.05. The Morgan fingerprint density at radius 3 is 3.06 bits per heavy atom. The second kappa shape index (κ2) is 3.94. The lowest BCUT2D eigenvalue weighted by molar-refractivity contribution is 0.548. The van der Waals surface area contributed by atoms with Crippen LogP contribution in [0.2, 0.25) is 0 Å². The molecular weight excluding hydrogens is 252 g/mol. The van der Waals surface area contributed by atoms with E-state index in [-0.39, 0.29) is 11.7 Å². The van der Waals surface area contributed by atoms with Gasteiger partial charge in [0, 0.05) is 12.0 Å². The van der Waals surface area contributed by atoms with Gasteiger partial charge in [-0.1, -0.05) is 0 Å². The Morgan fingerprint density at radius 2 is 2.28 bits per heavy atom. The minimum atomic E-state index is -2.92. The van der Waals surface area contributed by atoms with Crippen molar-refractivity contribution in [2.45, 2.75) is 18.8 Å². The van der Waals surface area contributed by atoms with Crippen LogP contribution < -0.4 is 5.73 Å². The van der Waals surface area contributed by atoms with Crippen LogP contribution in [0.25, 0.3) is 5.65 Å². The minimum absolute atomic E-state index is 0.0216. The highest BCUT2D eigenvalue weighted by Crippen LogP contribution is 2.27. The first-order chi connectivity index (χ1) is 8.53. The molecule has 1 saturated heterocycles. The van der Waals surface area contributed by atoms with Gasteiger partial charge in [-0.2, -0.15) is 5.10 Å². The maximum absolute atomic E-state index is 11.6. The SMILES string of the molecule is Nc1cnc2cc(C3CCCS(=O)(=O)C3)nn2c1. The van der Waals surface area contributed by atoms with Crippen LogP contribution in [0.1, 0.15) is 24.5 Å². The van der Waals surface area contributed by atoms with Gasteiger partial charge < -0.3 is 5.73 Å². The van der Waals surface area contributed by atoms with Gasteiger partial charge in [0.1, 0.15) is 0 Å². The standard InChI is InChI=1S/C11H14N4O2S/c12-9-5-13-11-4-10(14-15(11)6-9)8-2-1-3-18(16,17)7-8/h4-6,8H,1-3,7,12H2. The summed E-state index contributed by atoms with van der Waals surface area (Å²) < 4.78 is 24.9. The summed E-state index contributed by atoms with van der Waals surface area (Å²) in [6.45, 7) is 0. The molecule has 0 aromatic carbocycles. The van der Waals surface area contributed by atoms with Gasteiger partial charge in [-0.3, -0.25) is 0 Å². The van der Waals surface area contributed by atoms with Crippen molar-refractivity contribution in [1.29, 1.82) is 0 Å². The molecule has 1 aliphatic heterocycles. The Morgan fingerprint density at radius 1 is 1.44 bits per heavy atom. The predicted molar refractivity (Wildman–Crippen MR) is 68.0 cm³/mol. The zero-order valence-corrected chi connectivity index (χ0v) is 10.6. The van der Waals surface area contributed by atoms with E-state index in [9.17, 15) is 8.42 Å². The molecule has 0 amide bonds. The van der Waals surface area contributed by atoms with Crippen LogP contribution in [0.4, 0.5) is 5.69 Å². The number of hydrogen-bond donors (Lipinski definition) is 1. The zero-order valence-electron chi connectivity index (χ0n) is 9.78. The first kappa shape index (κ1) is 11.5. The number of sulfone groups is 1. The lowest BCUT2D eigenvalue weighted by Gasteiger charge is -2.19. The maximum atomic E-state index is 11.6. The van der Waals surface area contributed by atoms with E-state index in [4.69, 9.17) is 5.73 Å². The molecule has 7 heteroatoms. The Bertz CT molecular complexity index is 692. The monoisotopic (exact) mass is 266 g/mol. The van der Waals surface area contributed by atoms with Gasteiger partial charge >= 0.3 is 0 Å². The van der Waals surface area contributed by atoms with Crippen LogP contribution in [-0.4, -0.2) is 34.5 Å². The van der Waals surface area contributed by atoms with E-state index >= 15 is 0 Å². The van der Waals surface area contributed by atoms with Crippen molar-refractivity contribution in [2.75, 3.05) is 17.2 Å². The maximum Gasteiger partial charge on any atom is 0.155 e. The Hall–Kier alpha value is -1.63. The quantitative estimate of drug-likeness (QED) is 0.816. The summed E-state index contributed by atoms with van der Waals surface area (Å²) in [5.74, 6) is 0.459. The van der Waals surface area contributed by atoms with Crippen molar-refractivity contribution in [3.63, 3.8) is 0 Å². The minimum Gasteiger partial charge on any atom is -0.396 e.